The third kappa shape index (κ3) is 4.33. The maximum Gasteiger partial charge on any atom is 0.116 e. The van der Waals surface area contributed by atoms with Gasteiger partial charge in [0.15, 0.2) is 0 Å². The number of nitrogens with zero attached hydrogens (tertiary/aromatic N) is 1. The first-order chi connectivity index (χ1) is 13.8. The van der Waals surface area contributed by atoms with Crippen molar-refractivity contribution in [3.05, 3.63) is 126 Å². The molecule has 0 bridgehead atoms. The third-order valence-corrected chi connectivity index (χ3v) is 9.47. The van der Waals surface area contributed by atoms with Gasteiger partial charge in [0.2, 0.25) is 0 Å². The zero-order valence-electron chi connectivity index (χ0n) is 16.0. The topological polar surface area (TPSA) is 23.8 Å². The summed E-state index contributed by atoms with van der Waals surface area (Å²) >= 11 is 0. The Labute approximate surface area is 183 Å². The van der Waals surface area contributed by atoms with Crippen LogP contribution in [0.15, 0.2) is 115 Å². The molecule has 0 saturated heterocycles. The smallest absolute Gasteiger partial charge is 0.116 e. The fraction of sp³-hybridized carbons (Fsp3) is 0.0385. The van der Waals surface area contributed by atoms with Gasteiger partial charge in [0.1, 0.15) is 23.2 Å². The SMILES string of the molecule is Br.N#Cc1ccc(C[P+](c2ccccc2)(c2ccccc2)c2ccccc2)cc1. The third-order valence-electron chi connectivity index (χ3n) is 5.09. The van der Waals surface area contributed by atoms with Crippen molar-refractivity contribution in [2.45, 2.75) is 6.16 Å². The molecular formula is C26H22BrNP+. The predicted octanol–water partition coefficient (Wildman–Crippen LogP) is 5.63. The molecule has 4 aromatic rings. The molecule has 0 aromatic heterocycles. The fourth-order valence-corrected chi connectivity index (χ4v) is 7.97. The highest BCUT2D eigenvalue weighted by Crippen LogP contribution is 2.58. The molecular weight excluding hydrogens is 437 g/mol. The molecule has 0 N–H and O–H groups in total. The van der Waals surface area contributed by atoms with E-state index in [0.29, 0.717) is 5.56 Å². The van der Waals surface area contributed by atoms with E-state index in [1.54, 1.807) is 0 Å². The fourth-order valence-electron chi connectivity index (χ4n) is 3.73. The van der Waals surface area contributed by atoms with Crippen molar-refractivity contribution in [2.75, 3.05) is 0 Å². The molecule has 4 aromatic carbocycles. The lowest BCUT2D eigenvalue weighted by molar-refractivity contribution is 1.37. The summed E-state index contributed by atoms with van der Waals surface area (Å²) in [6, 6.07) is 42.9. The first kappa shape index (κ1) is 21.0. The van der Waals surface area contributed by atoms with Crippen LogP contribution in [0.5, 0.6) is 0 Å². The van der Waals surface area contributed by atoms with Crippen molar-refractivity contribution < 1.29 is 0 Å². The van der Waals surface area contributed by atoms with Crippen molar-refractivity contribution in [1.29, 1.82) is 5.26 Å². The van der Waals surface area contributed by atoms with Gasteiger partial charge in [0.05, 0.1) is 17.8 Å². The Morgan fingerprint density at radius 3 is 1.28 bits per heavy atom. The highest BCUT2D eigenvalue weighted by molar-refractivity contribution is 8.93. The van der Waals surface area contributed by atoms with E-state index in [1.807, 2.05) is 12.1 Å². The minimum absolute atomic E-state index is 0. The molecule has 4 rings (SSSR count). The van der Waals surface area contributed by atoms with Crippen LogP contribution in [0, 0.1) is 11.3 Å². The van der Waals surface area contributed by atoms with E-state index < -0.39 is 7.26 Å². The van der Waals surface area contributed by atoms with Crippen molar-refractivity contribution in [3.63, 3.8) is 0 Å². The molecule has 0 radical (unpaired) electrons. The van der Waals surface area contributed by atoms with Gasteiger partial charge in [0.25, 0.3) is 0 Å². The van der Waals surface area contributed by atoms with E-state index in [0.717, 1.165) is 6.16 Å². The van der Waals surface area contributed by atoms with E-state index in [2.05, 4.69) is 109 Å². The average molecular weight is 459 g/mol. The lowest BCUT2D eigenvalue weighted by atomic mass is 10.2. The van der Waals surface area contributed by atoms with Gasteiger partial charge in [-0.05, 0) is 54.1 Å². The lowest BCUT2D eigenvalue weighted by Gasteiger charge is -2.27. The molecule has 29 heavy (non-hydrogen) atoms. The van der Waals surface area contributed by atoms with Crippen LogP contribution in [0.25, 0.3) is 0 Å². The first-order valence-electron chi connectivity index (χ1n) is 9.37. The van der Waals surface area contributed by atoms with Crippen LogP contribution in [0.3, 0.4) is 0 Å². The minimum Gasteiger partial charge on any atom is -0.192 e. The maximum absolute atomic E-state index is 9.15. The van der Waals surface area contributed by atoms with E-state index in [1.165, 1.54) is 21.5 Å². The summed E-state index contributed by atoms with van der Waals surface area (Å²) in [7, 11) is -1.88. The molecule has 0 aliphatic rings. The Morgan fingerprint density at radius 2 is 0.931 bits per heavy atom. The number of rotatable bonds is 5. The molecule has 0 spiro atoms. The van der Waals surface area contributed by atoms with Gasteiger partial charge in [-0.25, -0.2) is 0 Å². The highest BCUT2D eigenvalue weighted by atomic mass is 79.9. The molecule has 0 atom stereocenters. The summed E-state index contributed by atoms with van der Waals surface area (Å²) in [5, 5.41) is 13.3. The predicted molar refractivity (Wildman–Crippen MR) is 130 cm³/mol. The average Bonchev–Trinajstić information content (AvgIpc) is 2.80. The number of benzene rings is 4. The molecule has 0 saturated carbocycles. The van der Waals surface area contributed by atoms with E-state index in [-0.39, 0.29) is 17.0 Å². The largest absolute Gasteiger partial charge is 0.192 e. The standard InChI is InChI=1S/C26H21NP.BrH/c27-20-22-16-18-23(19-17-22)21-28(24-10-4-1-5-11-24,25-12-6-2-7-13-25)26-14-8-3-9-15-26;/h1-19H,21H2;1H/q+1;. The number of hydrogen-bond donors (Lipinski definition) is 0. The second-order valence-electron chi connectivity index (χ2n) is 6.78. The molecule has 142 valence electrons. The number of nitriles is 1. The van der Waals surface area contributed by atoms with Crippen molar-refractivity contribution >= 4 is 40.2 Å². The van der Waals surface area contributed by atoms with Crippen LogP contribution in [-0.4, -0.2) is 0 Å². The second kappa shape index (κ2) is 9.66. The summed E-state index contributed by atoms with van der Waals surface area (Å²) in [4.78, 5) is 0. The van der Waals surface area contributed by atoms with Crippen molar-refractivity contribution in [3.8, 4) is 6.07 Å². The molecule has 1 nitrogen and oxygen atoms in total. The van der Waals surface area contributed by atoms with Crippen molar-refractivity contribution in [2.24, 2.45) is 0 Å². The van der Waals surface area contributed by atoms with Crippen LogP contribution >= 0.6 is 24.2 Å². The molecule has 0 aliphatic carbocycles. The zero-order chi connectivity index (χ0) is 19.2. The van der Waals surface area contributed by atoms with E-state index >= 15 is 0 Å². The Kier molecular flexibility index (Phi) is 6.99. The van der Waals surface area contributed by atoms with Crippen LogP contribution in [0.4, 0.5) is 0 Å². The summed E-state index contributed by atoms with van der Waals surface area (Å²) in [6.45, 7) is 0. The van der Waals surface area contributed by atoms with Gasteiger partial charge < -0.3 is 0 Å². The zero-order valence-corrected chi connectivity index (χ0v) is 18.6. The van der Waals surface area contributed by atoms with Gasteiger partial charge in [-0.1, -0.05) is 66.7 Å². The second-order valence-corrected chi connectivity index (χ2v) is 10.3. The lowest BCUT2D eigenvalue weighted by Crippen LogP contribution is -2.32. The normalized spacial score (nSPS) is 10.6. The molecule has 0 fully saturated rings. The summed E-state index contributed by atoms with van der Waals surface area (Å²) in [5.41, 5.74) is 1.95. The highest BCUT2D eigenvalue weighted by Gasteiger charge is 2.45. The quantitative estimate of drug-likeness (QED) is 0.355. The molecule has 3 heteroatoms. The Balaban J connectivity index is 0.00000240. The van der Waals surface area contributed by atoms with E-state index in [9.17, 15) is 0 Å². The minimum atomic E-state index is -1.88. The summed E-state index contributed by atoms with van der Waals surface area (Å²) < 4.78 is 0. The molecule has 0 unspecified atom stereocenters. The van der Waals surface area contributed by atoms with Crippen LogP contribution in [0.2, 0.25) is 0 Å². The summed E-state index contributed by atoms with van der Waals surface area (Å²) in [5.74, 6) is 0. The van der Waals surface area contributed by atoms with Gasteiger partial charge in [-0.2, -0.15) is 5.26 Å². The summed E-state index contributed by atoms with van der Waals surface area (Å²) in [6.07, 6.45) is 0.927. The van der Waals surface area contributed by atoms with Crippen molar-refractivity contribution in [1.82, 2.24) is 0 Å². The van der Waals surface area contributed by atoms with Gasteiger partial charge in [-0.15, -0.1) is 17.0 Å². The van der Waals surface area contributed by atoms with Gasteiger partial charge in [0, 0.05) is 0 Å². The van der Waals surface area contributed by atoms with Gasteiger partial charge >= 0.3 is 0 Å². The maximum atomic E-state index is 9.15. The Hall–Kier alpha value is -2.72. The number of halogens is 1. The Bertz CT molecular complexity index is 976. The Morgan fingerprint density at radius 1 is 0.552 bits per heavy atom. The molecule has 0 amide bonds. The monoisotopic (exact) mass is 458 g/mol. The van der Waals surface area contributed by atoms with Crippen LogP contribution < -0.4 is 15.9 Å². The molecule has 0 heterocycles. The van der Waals surface area contributed by atoms with Gasteiger partial charge in [-0.3, -0.25) is 0 Å². The number of hydrogen-bond acceptors (Lipinski definition) is 1. The first-order valence-corrected chi connectivity index (χ1v) is 11.3. The molecule has 0 aliphatic heterocycles. The van der Waals surface area contributed by atoms with Crippen LogP contribution in [0.1, 0.15) is 11.1 Å². The van der Waals surface area contributed by atoms with Crippen LogP contribution in [-0.2, 0) is 6.16 Å². The van der Waals surface area contributed by atoms with E-state index in [4.69, 9.17) is 5.26 Å².